The number of carbonyl (C=O) groups excluding carboxylic acids is 2. The third kappa shape index (κ3) is 3.72. The average molecular weight is 389 g/mol. The lowest BCUT2D eigenvalue weighted by atomic mass is 10.2. The quantitative estimate of drug-likeness (QED) is 0.717. The number of anilines is 2. The second-order valence-corrected chi connectivity index (χ2v) is 5.78. The number of carbonyl (C=O) groups is 2. The molecule has 2 amide bonds. The van der Waals surface area contributed by atoms with Gasteiger partial charge in [-0.05, 0) is 46.3 Å². The molecule has 0 radical (unpaired) electrons. The van der Waals surface area contributed by atoms with E-state index in [1.165, 1.54) is 0 Å². The fraction of sp³-hybridized carbons (Fsp3) is 0.0625. The van der Waals surface area contributed by atoms with Gasteiger partial charge in [-0.1, -0.05) is 6.07 Å². The van der Waals surface area contributed by atoms with E-state index in [2.05, 4.69) is 31.7 Å². The highest BCUT2D eigenvalue weighted by Crippen LogP contribution is 2.17. The Morgan fingerprint density at radius 1 is 1.12 bits per heavy atom. The van der Waals surface area contributed by atoms with Gasteiger partial charge in [0.05, 0.1) is 11.9 Å². The Hall–Kier alpha value is -2.87. The zero-order chi connectivity index (χ0) is 17.1. The van der Waals surface area contributed by atoms with Crippen molar-refractivity contribution < 1.29 is 14.0 Å². The van der Waals surface area contributed by atoms with Gasteiger partial charge in [0, 0.05) is 24.5 Å². The third-order valence-corrected chi connectivity index (χ3v) is 3.57. The van der Waals surface area contributed by atoms with E-state index in [0.29, 0.717) is 21.6 Å². The molecular weight excluding hydrogens is 376 g/mol. The van der Waals surface area contributed by atoms with Gasteiger partial charge < -0.3 is 15.1 Å². The van der Waals surface area contributed by atoms with Gasteiger partial charge in [0.25, 0.3) is 11.8 Å². The lowest BCUT2D eigenvalue weighted by Crippen LogP contribution is -2.14. The van der Waals surface area contributed by atoms with E-state index in [4.69, 9.17) is 4.42 Å². The zero-order valence-corrected chi connectivity index (χ0v) is 14.2. The number of rotatable bonds is 4. The lowest BCUT2D eigenvalue weighted by Gasteiger charge is -2.06. The van der Waals surface area contributed by atoms with Crippen LogP contribution in [0.5, 0.6) is 0 Å². The third-order valence-electron chi connectivity index (χ3n) is 3.14. The van der Waals surface area contributed by atoms with Gasteiger partial charge in [0.2, 0.25) is 0 Å². The Morgan fingerprint density at radius 3 is 2.58 bits per heavy atom. The van der Waals surface area contributed by atoms with Crippen LogP contribution >= 0.6 is 15.9 Å². The number of halogens is 1. The molecule has 0 aliphatic carbocycles. The summed E-state index contributed by atoms with van der Waals surface area (Å²) in [6.07, 6.45) is 3.25. The summed E-state index contributed by atoms with van der Waals surface area (Å²) in [5.74, 6) is -0.516. The maximum atomic E-state index is 12.2. The first kappa shape index (κ1) is 16.0. The van der Waals surface area contributed by atoms with Crippen molar-refractivity contribution in [2.75, 3.05) is 10.6 Å². The predicted octanol–water partition coefficient (Wildman–Crippen LogP) is 3.28. The number of hydrogen-bond acceptors (Lipinski definition) is 4. The lowest BCUT2D eigenvalue weighted by molar-refractivity contribution is 0.0992. The molecule has 0 bridgehead atoms. The number of hydrogen-bond donors (Lipinski definition) is 2. The highest BCUT2D eigenvalue weighted by Gasteiger charge is 2.12. The molecule has 1 aromatic carbocycles. The molecular formula is C16H13BrN4O3. The maximum absolute atomic E-state index is 12.2. The molecule has 122 valence electrons. The van der Waals surface area contributed by atoms with Crippen LogP contribution in [0.4, 0.5) is 11.4 Å². The van der Waals surface area contributed by atoms with Crippen molar-refractivity contribution in [2.45, 2.75) is 0 Å². The molecule has 0 aliphatic heterocycles. The van der Waals surface area contributed by atoms with Gasteiger partial charge in [-0.2, -0.15) is 5.10 Å². The molecule has 8 heteroatoms. The van der Waals surface area contributed by atoms with Crippen LogP contribution in [0.15, 0.2) is 57.9 Å². The summed E-state index contributed by atoms with van der Waals surface area (Å²) in [4.78, 5) is 24.3. The Labute approximate surface area is 145 Å². The fourth-order valence-electron chi connectivity index (χ4n) is 2.06. The highest BCUT2D eigenvalue weighted by atomic mass is 79.9. The Balaban J connectivity index is 1.71. The molecule has 3 rings (SSSR count). The van der Waals surface area contributed by atoms with Crippen LogP contribution in [0.1, 0.15) is 20.9 Å². The maximum Gasteiger partial charge on any atom is 0.291 e. The minimum absolute atomic E-state index is 0.173. The number of aromatic nitrogens is 2. The van der Waals surface area contributed by atoms with Crippen molar-refractivity contribution in [1.82, 2.24) is 9.78 Å². The summed E-state index contributed by atoms with van der Waals surface area (Å²) in [5, 5.41) is 9.41. The summed E-state index contributed by atoms with van der Waals surface area (Å²) >= 11 is 3.14. The van der Waals surface area contributed by atoms with E-state index >= 15 is 0 Å². The molecule has 24 heavy (non-hydrogen) atoms. The highest BCUT2D eigenvalue weighted by molar-refractivity contribution is 9.10. The molecule has 0 atom stereocenters. The molecule has 7 nitrogen and oxygen atoms in total. The summed E-state index contributed by atoms with van der Waals surface area (Å²) in [5.41, 5.74) is 1.50. The van der Waals surface area contributed by atoms with Gasteiger partial charge in [0.1, 0.15) is 0 Å². The smallest absolute Gasteiger partial charge is 0.291 e. The van der Waals surface area contributed by atoms with Crippen molar-refractivity contribution in [3.8, 4) is 0 Å². The number of furan rings is 1. The van der Waals surface area contributed by atoms with Gasteiger partial charge in [-0.25, -0.2) is 0 Å². The molecule has 0 saturated carbocycles. The molecule has 0 aliphatic rings. The second-order valence-electron chi connectivity index (χ2n) is 5.00. The Kier molecular flexibility index (Phi) is 4.48. The largest absolute Gasteiger partial charge is 0.444 e. The standard InChI is InChI=1S/C16H13BrN4O3/c1-21-9-12(8-18-21)20-15(22)10-3-2-4-11(7-10)19-16(23)13-5-6-14(17)24-13/h2-9H,1H3,(H,19,23)(H,20,22). The SMILES string of the molecule is Cn1cc(NC(=O)c2cccc(NC(=O)c3ccc(Br)o3)c2)cn1. The molecule has 3 aromatic rings. The number of nitrogens with one attached hydrogen (secondary N) is 2. The summed E-state index contributed by atoms with van der Waals surface area (Å²) in [7, 11) is 1.76. The van der Waals surface area contributed by atoms with Crippen LogP contribution in [0.2, 0.25) is 0 Å². The first-order chi connectivity index (χ1) is 11.5. The van der Waals surface area contributed by atoms with E-state index in [1.807, 2.05) is 0 Å². The van der Waals surface area contributed by atoms with Crippen molar-refractivity contribution >= 4 is 39.1 Å². The molecule has 0 unspecified atom stereocenters. The van der Waals surface area contributed by atoms with Crippen molar-refractivity contribution in [3.05, 3.63) is 64.8 Å². The number of benzene rings is 1. The minimum Gasteiger partial charge on any atom is -0.444 e. The van der Waals surface area contributed by atoms with E-state index in [0.717, 1.165) is 0 Å². The topological polar surface area (TPSA) is 89.2 Å². The second kappa shape index (κ2) is 6.71. The van der Waals surface area contributed by atoms with Gasteiger partial charge >= 0.3 is 0 Å². The molecule has 2 aromatic heterocycles. The Bertz CT molecular complexity index is 900. The first-order valence-corrected chi connectivity index (χ1v) is 7.77. The normalized spacial score (nSPS) is 10.4. The monoisotopic (exact) mass is 388 g/mol. The predicted molar refractivity (Wildman–Crippen MR) is 92.0 cm³/mol. The van der Waals surface area contributed by atoms with E-state index in [9.17, 15) is 9.59 Å². The summed E-state index contributed by atoms with van der Waals surface area (Å²) in [6, 6.07) is 9.81. The van der Waals surface area contributed by atoms with Crippen LogP contribution < -0.4 is 10.6 Å². The molecule has 2 heterocycles. The van der Waals surface area contributed by atoms with Crippen molar-refractivity contribution in [3.63, 3.8) is 0 Å². The number of amides is 2. The van der Waals surface area contributed by atoms with Gasteiger partial charge in [-0.15, -0.1) is 0 Å². The Morgan fingerprint density at radius 2 is 1.92 bits per heavy atom. The number of aryl methyl sites for hydroxylation is 1. The number of nitrogens with zero attached hydrogens (tertiary/aromatic N) is 2. The van der Waals surface area contributed by atoms with Crippen LogP contribution in [-0.4, -0.2) is 21.6 Å². The summed E-state index contributed by atoms with van der Waals surface area (Å²) in [6.45, 7) is 0. The minimum atomic E-state index is -0.398. The zero-order valence-electron chi connectivity index (χ0n) is 12.6. The molecule has 0 saturated heterocycles. The molecule has 2 N–H and O–H groups in total. The van der Waals surface area contributed by atoms with Gasteiger partial charge in [-0.3, -0.25) is 14.3 Å². The summed E-state index contributed by atoms with van der Waals surface area (Å²) < 4.78 is 7.25. The fourth-order valence-corrected chi connectivity index (χ4v) is 2.36. The molecule has 0 fully saturated rings. The molecule has 0 spiro atoms. The van der Waals surface area contributed by atoms with Crippen LogP contribution in [-0.2, 0) is 7.05 Å². The average Bonchev–Trinajstić information content (AvgIpc) is 3.16. The van der Waals surface area contributed by atoms with Crippen LogP contribution in [0, 0.1) is 0 Å². The van der Waals surface area contributed by atoms with Crippen LogP contribution in [0.3, 0.4) is 0 Å². The van der Waals surface area contributed by atoms with Crippen LogP contribution in [0.25, 0.3) is 0 Å². The van der Waals surface area contributed by atoms with E-state index in [1.54, 1.807) is 60.5 Å². The van der Waals surface area contributed by atoms with Crippen molar-refractivity contribution in [1.29, 1.82) is 0 Å². The van der Waals surface area contributed by atoms with Gasteiger partial charge in [0.15, 0.2) is 10.4 Å². The first-order valence-electron chi connectivity index (χ1n) is 6.98. The van der Waals surface area contributed by atoms with E-state index in [-0.39, 0.29) is 11.7 Å². The van der Waals surface area contributed by atoms with E-state index < -0.39 is 5.91 Å². The van der Waals surface area contributed by atoms with Crippen molar-refractivity contribution in [2.24, 2.45) is 7.05 Å².